The van der Waals surface area contributed by atoms with Gasteiger partial charge in [0.1, 0.15) is 11.6 Å². The number of carbonyl (C=O) groups is 1. The van der Waals surface area contributed by atoms with E-state index in [4.69, 9.17) is 9.47 Å². The number of thioether (sulfide) groups is 1. The van der Waals surface area contributed by atoms with Crippen LogP contribution in [0.1, 0.15) is 54.7 Å². The maximum atomic E-state index is 13.3. The maximum Gasteiger partial charge on any atom is 0.270 e. The lowest BCUT2D eigenvalue weighted by Crippen LogP contribution is -2.36. The minimum Gasteiger partial charge on any atom is -0.493 e. The van der Waals surface area contributed by atoms with E-state index in [1.807, 2.05) is 47.1 Å². The minimum atomic E-state index is -0.324. The largest absolute Gasteiger partial charge is 0.493 e. The van der Waals surface area contributed by atoms with Crippen molar-refractivity contribution in [2.45, 2.75) is 50.0 Å². The number of aromatic nitrogens is 2. The molecule has 0 spiro atoms. The van der Waals surface area contributed by atoms with Crippen molar-refractivity contribution in [3.05, 3.63) is 81.6 Å². The molecule has 0 bridgehead atoms. The van der Waals surface area contributed by atoms with Gasteiger partial charge >= 0.3 is 0 Å². The van der Waals surface area contributed by atoms with Crippen LogP contribution < -0.4 is 15.6 Å². The SMILES string of the molecule is CC1(C)C[C@@H](n2[nH]c(=O)c3c2NC(=O)CS[C@@H]3c2ccccc2OCCc2ccccc2)CCO1. The number of para-hydroxylation sites is 1. The number of rotatable bonds is 6. The van der Waals surface area contributed by atoms with Crippen molar-refractivity contribution in [2.75, 3.05) is 24.3 Å². The van der Waals surface area contributed by atoms with Crippen molar-refractivity contribution >= 4 is 23.5 Å². The molecule has 3 heterocycles. The summed E-state index contributed by atoms with van der Waals surface area (Å²) in [6.45, 7) is 5.24. The highest BCUT2D eigenvalue weighted by molar-refractivity contribution is 8.00. The first-order valence-electron chi connectivity index (χ1n) is 12.1. The summed E-state index contributed by atoms with van der Waals surface area (Å²) < 4.78 is 13.9. The van der Waals surface area contributed by atoms with Crippen LogP contribution in [0.25, 0.3) is 0 Å². The Bertz CT molecular complexity index is 1250. The number of fused-ring (bicyclic) bond motifs is 1. The van der Waals surface area contributed by atoms with Gasteiger partial charge in [0, 0.05) is 18.6 Å². The quantitative estimate of drug-likeness (QED) is 0.520. The normalized spacial score (nSPS) is 21.6. The van der Waals surface area contributed by atoms with E-state index in [0.717, 1.165) is 30.6 Å². The summed E-state index contributed by atoms with van der Waals surface area (Å²) in [6.07, 6.45) is 2.30. The van der Waals surface area contributed by atoms with Crippen LogP contribution >= 0.6 is 11.8 Å². The van der Waals surface area contributed by atoms with E-state index in [0.29, 0.717) is 24.6 Å². The number of aromatic amines is 1. The van der Waals surface area contributed by atoms with Gasteiger partial charge in [-0.3, -0.25) is 19.4 Å². The fraction of sp³-hybridized carbons (Fsp3) is 0.407. The number of hydrogen-bond donors (Lipinski definition) is 2. The summed E-state index contributed by atoms with van der Waals surface area (Å²) in [6, 6.07) is 18.1. The summed E-state index contributed by atoms with van der Waals surface area (Å²) >= 11 is 1.46. The van der Waals surface area contributed by atoms with Gasteiger partial charge in [0.25, 0.3) is 5.56 Å². The van der Waals surface area contributed by atoms with Crippen molar-refractivity contribution in [1.82, 2.24) is 9.78 Å². The summed E-state index contributed by atoms with van der Waals surface area (Å²) in [7, 11) is 0. The van der Waals surface area contributed by atoms with Gasteiger partial charge in [-0.15, -0.1) is 11.8 Å². The molecule has 2 aromatic carbocycles. The van der Waals surface area contributed by atoms with Crippen LogP contribution in [0, 0.1) is 0 Å². The van der Waals surface area contributed by atoms with Crippen LogP contribution in [0.3, 0.4) is 0 Å². The summed E-state index contributed by atoms with van der Waals surface area (Å²) in [5, 5.41) is 5.72. The predicted molar refractivity (Wildman–Crippen MR) is 138 cm³/mol. The molecule has 1 saturated heterocycles. The third-order valence-corrected chi connectivity index (χ3v) is 7.84. The molecule has 7 nitrogen and oxygen atoms in total. The van der Waals surface area contributed by atoms with Crippen molar-refractivity contribution < 1.29 is 14.3 Å². The molecule has 35 heavy (non-hydrogen) atoms. The number of nitrogens with zero attached hydrogens (tertiary/aromatic N) is 1. The second-order valence-corrected chi connectivity index (χ2v) is 10.8. The molecule has 1 amide bonds. The molecular weight excluding hydrogens is 462 g/mol. The highest BCUT2D eigenvalue weighted by atomic mass is 32.2. The number of nitrogens with one attached hydrogen (secondary N) is 2. The Balaban J connectivity index is 1.47. The Morgan fingerprint density at radius 3 is 2.69 bits per heavy atom. The molecule has 5 rings (SSSR count). The monoisotopic (exact) mass is 493 g/mol. The topological polar surface area (TPSA) is 85.4 Å². The van der Waals surface area contributed by atoms with Crippen molar-refractivity contribution in [3.63, 3.8) is 0 Å². The number of benzene rings is 2. The van der Waals surface area contributed by atoms with E-state index in [1.54, 1.807) is 0 Å². The van der Waals surface area contributed by atoms with Gasteiger partial charge in [0.15, 0.2) is 0 Å². The molecule has 1 aromatic heterocycles. The fourth-order valence-electron chi connectivity index (χ4n) is 4.94. The predicted octanol–water partition coefficient (Wildman–Crippen LogP) is 4.70. The van der Waals surface area contributed by atoms with E-state index in [9.17, 15) is 9.59 Å². The first kappa shape index (κ1) is 23.8. The van der Waals surface area contributed by atoms with Crippen molar-refractivity contribution in [2.24, 2.45) is 0 Å². The first-order chi connectivity index (χ1) is 16.9. The lowest BCUT2D eigenvalue weighted by Gasteiger charge is -2.36. The molecule has 2 atom stereocenters. The Hall–Kier alpha value is -2.97. The van der Waals surface area contributed by atoms with Gasteiger partial charge in [-0.05, 0) is 38.3 Å². The Morgan fingerprint density at radius 1 is 1.11 bits per heavy atom. The molecule has 8 heteroatoms. The molecule has 0 unspecified atom stereocenters. The van der Waals surface area contributed by atoms with Gasteiger partial charge in [0.05, 0.1) is 34.8 Å². The zero-order chi connectivity index (χ0) is 24.4. The van der Waals surface area contributed by atoms with E-state index >= 15 is 0 Å². The number of anilines is 1. The van der Waals surface area contributed by atoms with Gasteiger partial charge in [0.2, 0.25) is 5.91 Å². The summed E-state index contributed by atoms with van der Waals surface area (Å²) in [5.41, 5.74) is 2.21. The van der Waals surface area contributed by atoms with E-state index in [1.165, 1.54) is 17.3 Å². The van der Waals surface area contributed by atoms with E-state index in [-0.39, 0.29) is 34.1 Å². The number of hydrogen-bond acceptors (Lipinski definition) is 5. The third-order valence-electron chi connectivity index (χ3n) is 6.59. The highest BCUT2D eigenvalue weighted by Gasteiger charge is 2.36. The Labute approximate surface area is 209 Å². The van der Waals surface area contributed by atoms with Gasteiger partial charge in [-0.25, -0.2) is 0 Å². The number of H-pyrrole nitrogens is 1. The first-order valence-corrected chi connectivity index (χ1v) is 13.1. The van der Waals surface area contributed by atoms with Crippen molar-refractivity contribution in [1.29, 1.82) is 0 Å². The van der Waals surface area contributed by atoms with Crippen LogP contribution in [0.2, 0.25) is 0 Å². The summed E-state index contributed by atoms with van der Waals surface area (Å²) in [5.74, 6) is 1.45. The zero-order valence-corrected chi connectivity index (χ0v) is 20.9. The molecule has 0 aliphatic carbocycles. The third kappa shape index (κ3) is 5.18. The maximum absolute atomic E-state index is 13.3. The molecule has 2 aliphatic rings. The molecule has 2 N–H and O–H groups in total. The smallest absolute Gasteiger partial charge is 0.270 e. The van der Waals surface area contributed by atoms with Crippen LogP contribution in [0.5, 0.6) is 5.75 Å². The van der Waals surface area contributed by atoms with Crippen LogP contribution in [0.4, 0.5) is 5.82 Å². The minimum absolute atomic E-state index is 0.0385. The molecular formula is C27H31N3O4S. The zero-order valence-electron chi connectivity index (χ0n) is 20.1. The van der Waals surface area contributed by atoms with Crippen molar-refractivity contribution in [3.8, 4) is 5.75 Å². The van der Waals surface area contributed by atoms with Crippen LogP contribution in [0.15, 0.2) is 59.4 Å². The van der Waals surface area contributed by atoms with Crippen LogP contribution in [-0.4, -0.2) is 40.3 Å². The lowest BCUT2D eigenvalue weighted by molar-refractivity contribution is -0.113. The Kier molecular flexibility index (Phi) is 6.75. The molecule has 3 aromatic rings. The number of ether oxygens (including phenoxy) is 2. The number of carbonyl (C=O) groups excluding carboxylic acids is 1. The fourth-order valence-corrected chi connectivity index (χ4v) is 6.09. The van der Waals surface area contributed by atoms with E-state index < -0.39 is 0 Å². The van der Waals surface area contributed by atoms with Gasteiger partial charge in [-0.2, -0.15) is 0 Å². The standard InChI is InChI=1S/C27H31N3O4S/c1-27(2)16-19(13-15-34-27)30-25-23(26(32)29-30)24(35-17-22(31)28-25)20-10-6-7-11-21(20)33-14-12-18-8-4-3-5-9-18/h3-11,19,24H,12-17H2,1-2H3,(H,28,31)(H,29,32)/t19-,24+/m0/s1. The Morgan fingerprint density at radius 2 is 1.89 bits per heavy atom. The van der Waals surface area contributed by atoms with Gasteiger partial charge < -0.3 is 14.8 Å². The average Bonchev–Trinajstić information content (AvgIpc) is 3.05. The molecule has 184 valence electrons. The summed E-state index contributed by atoms with van der Waals surface area (Å²) in [4.78, 5) is 26.0. The second-order valence-electron chi connectivity index (χ2n) is 9.69. The average molecular weight is 494 g/mol. The highest BCUT2D eigenvalue weighted by Crippen LogP contribution is 2.44. The molecule has 0 radical (unpaired) electrons. The number of amides is 1. The second kappa shape index (κ2) is 9.95. The molecule has 2 aliphatic heterocycles. The van der Waals surface area contributed by atoms with E-state index in [2.05, 4.69) is 36.4 Å². The lowest BCUT2D eigenvalue weighted by atomic mass is 9.94. The van der Waals surface area contributed by atoms with Gasteiger partial charge in [-0.1, -0.05) is 48.5 Å². The van der Waals surface area contributed by atoms with Crippen LogP contribution in [-0.2, 0) is 16.0 Å². The molecule has 1 fully saturated rings. The molecule has 0 saturated carbocycles.